The van der Waals surface area contributed by atoms with Crippen molar-refractivity contribution >= 4 is 11.9 Å². The Kier molecular flexibility index (Phi) is 4.47. The molecule has 0 saturated heterocycles. The highest BCUT2D eigenvalue weighted by molar-refractivity contribution is 5.93. The van der Waals surface area contributed by atoms with Crippen LogP contribution in [0.3, 0.4) is 0 Å². The molecule has 0 unspecified atom stereocenters. The molecule has 0 radical (unpaired) electrons. The van der Waals surface area contributed by atoms with Gasteiger partial charge in [0.2, 0.25) is 5.95 Å². The molecule has 21 heavy (non-hydrogen) atoms. The summed E-state index contributed by atoms with van der Waals surface area (Å²) in [4.78, 5) is 19.5. The van der Waals surface area contributed by atoms with E-state index in [1.54, 1.807) is 12.1 Å². The van der Waals surface area contributed by atoms with Gasteiger partial charge in [-0.15, -0.1) is 0 Å². The summed E-state index contributed by atoms with van der Waals surface area (Å²) in [6.45, 7) is 3.99. The lowest BCUT2D eigenvalue weighted by Crippen LogP contribution is -2.31. The number of aromatic nitrogens is 2. The molecule has 0 fully saturated rings. The number of nitrogen functional groups attached to an aromatic ring is 2. The molecule has 1 aromatic carbocycles. The minimum absolute atomic E-state index is 0.0106. The summed E-state index contributed by atoms with van der Waals surface area (Å²) in [6.07, 6.45) is 1.65. The van der Waals surface area contributed by atoms with E-state index in [1.165, 1.54) is 6.07 Å². The van der Waals surface area contributed by atoms with Gasteiger partial charge in [-0.3, -0.25) is 10.2 Å². The van der Waals surface area contributed by atoms with Gasteiger partial charge >= 0.3 is 0 Å². The van der Waals surface area contributed by atoms with Crippen LogP contribution in [0.4, 0.5) is 5.95 Å². The number of nitrogens with one attached hydrogen (secondary N) is 1. The Morgan fingerprint density at radius 3 is 2.90 bits per heavy atom. The Morgan fingerprint density at radius 1 is 1.38 bits per heavy atom. The van der Waals surface area contributed by atoms with Crippen LogP contribution < -0.4 is 21.7 Å². The molecule has 1 aromatic heterocycles. The van der Waals surface area contributed by atoms with Crippen LogP contribution in [0.5, 0.6) is 5.75 Å². The highest BCUT2D eigenvalue weighted by Crippen LogP contribution is 2.23. The van der Waals surface area contributed by atoms with Crippen molar-refractivity contribution < 1.29 is 9.53 Å². The van der Waals surface area contributed by atoms with E-state index < -0.39 is 5.91 Å². The third kappa shape index (κ3) is 3.54. The number of nitrogens with zero attached hydrogens (tertiary/aromatic N) is 2. The Balaban J connectivity index is 2.39. The van der Waals surface area contributed by atoms with Crippen molar-refractivity contribution in [2.75, 3.05) is 12.3 Å². The number of carbonyl (C=O) groups excluding carboxylic acids is 1. The van der Waals surface area contributed by atoms with Gasteiger partial charge in [-0.25, -0.2) is 15.8 Å². The van der Waals surface area contributed by atoms with Crippen LogP contribution >= 0.6 is 0 Å². The van der Waals surface area contributed by atoms with E-state index in [0.717, 1.165) is 5.56 Å². The average Bonchev–Trinajstić information content (AvgIpc) is 2.51. The van der Waals surface area contributed by atoms with Gasteiger partial charge in [-0.2, -0.15) is 0 Å². The molecule has 0 atom stereocenters. The molecule has 2 aromatic rings. The van der Waals surface area contributed by atoms with Gasteiger partial charge < -0.3 is 10.5 Å². The molecular weight excluding hydrogens is 270 g/mol. The molecule has 0 bridgehead atoms. The Morgan fingerprint density at radius 2 is 2.19 bits per heavy atom. The number of benzene rings is 1. The fourth-order valence-electron chi connectivity index (χ4n) is 1.70. The molecule has 2 rings (SSSR count). The highest BCUT2D eigenvalue weighted by Gasteiger charge is 2.11. The second-order valence-corrected chi connectivity index (χ2v) is 4.10. The lowest BCUT2D eigenvalue weighted by atomic mass is 10.1. The zero-order chi connectivity index (χ0) is 15.2. The van der Waals surface area contributed by atoms with E-state index in [2.05, 4.69) is 16.5 Å². The fourth-order valence-corrected chi connectivity index (χ4v) is 1.70. The SMILES string of the molecule is C=CCOc1cccc(-c2cc(C(=O)NN)nc(N)n2)c1. The van der Waals surface area contributed by atoms with Crippen molar-refractivity contribution in [3.05, 3.63) is 48.7 Å². The van der Waals surface area contributed by atoms with Crippen LogP contribution in [0.25, 0.3) is 11.3 Å². The number of anilines is 1. The average molecular weight is 285 g/mol. The smallest absolute Gasteiger partial charge is 0.283 e. The maximum Gasteiger partial charge on any atom is 0.283 e. The van der Waals surface area contributed by atoms with Crippen LogP contribution in [0.2, 0.25) is 0 Å². The minimum atomic E-state index is -0.538. The summed E-state index contributed by atoms with van der Waals surface area (Å²) < 4.78 is 5.45. The first-order valence-electron chi connectivity index (χ1n) is 6.13. The molecule has 7 nitrogen and oxygen atoms in total. The number of hydrogen-bond donors (Lipinski definition) is 3. The molecule has 0 aliphatic heterocycles. The molecule has 7 heteroatoms. The van der Waals surface area contributed by atoms with Crippen molar-refractivity contribution in [1.29, 1.82) is 0 Å². The van der Waals surface area contributed by atoms with Gasteiger partial charge in [0, 0.05) is 5.56 Å². The number of hydrazine groups is 1. The summed E-state index contributed by atoms with van der Waals surface area (Å²) >= 11 is 0. The topological polar surface area (TPSA) is 116 Å². The summed E-state index contributed by atoms with van der Waals surface area (Å²) in [5, 5.41) is 0. The van der Waals surface area contributed by atoms with Gasteiger partial charge in [0.25, 0.3) is 5.91 Å². The summed E-state index contributed by atoms with van der Waals surface area (Å²) in [6, 6.07) is 8.74. The summed E-state index contributed by atoms with van der Waals surface area (Å²) in [5.41, 5.74) is 8.97. The van der Waals surface area contributed by atoms with Gasteiger partial charge in [0.1, 0.15) is 18.1 Å². The first kappa shape index (κ1) is 14.5. The van der Waals surface area contributed by atoms with Gasteiger partial charge in [-0.1, -0.05) is 24.8 Å². The maximum atomic E-state index is 11.5. The second kappa shape index (κ2) is 6.49. The number of carbonyl (C=O) groups is 1. The third-order valence-electron chi connectivity index (χ3n) is 2.60. The fraction of sp³-hybridized carbons (Fsp3) is 0.0714. The first-order chi connectivity index (χ1) is 10.1. The molecule has 1 amide bonds. The van der Waals surface area contributed by atoms with Crippen LogP contribution in [0.1, 0.15) is 10.5 Å². The summed E-state index contributed by atoms with van der Waals surface area (Å²) in [7, 11) is 0. The first-order valence-corrected chi connectivity index (χ1v) is 6.13. The number of ether oxygens (including phenoxy) is 1. The number of rotatable bonds is 5. The van der Waals surface area contributed by atoms with Gasteiger partial charge in [0.15, 0.2) is 0 Å². The van der Waals surface area contributed by atoms with Crippen molar-refractivity contribution in [1.82, 2.24) is 15.4 Å². The second-order valence-electron chi connectivity index (χ2n) is 4.10. The molecule has 0 aliphatic carbocycles. The van der Waals surface area contributed by atoms with Crippen molar-refractivity contribution in [3.63, 3.8) is 0 Å². The molecule has 108 valence electrons. The number of amides is 1. The highest BCUT2D eigenvalue weighted by atomic mass is 16.5. The molecule has 0 spiro atoms. The van der Waals surface area contributed by atoms with Gasteiger partial charge in [-0.05, 0) is 18.2 Å². The quantitative estimate of drug-likeness (QED) is 0.325. The third-order valence-corrected chi connectivity index (χ3v) is 2.60. The minimum Gasteiger partial charge on any atom is -0.490 e. The zero-order valence-electron chi connectivity index (χ0n) is 11.2. The Labute approximate surface area is 121 Å². The zero-order valence-corrected chi connectivity index (χ0v) is 11.2. The molecule has 1 heterocycles. The predicted molar refractivity (Wildman–Crippen MR) is 79.2 cm³/mol. The van der Waals surface area contributed by atoms with E-state index in [9.17, 15) is 4.79 Å². The van der Waals surface area contributed by atoms with Crippen LogP contribution in [-0.4, -0.2) is 22.5 Å². The predicted octanol–water partition coefficient (Wildman–Crippen LogP) is 0.894. The van der Waals surface area contributed by atoms with Crippen molar-refractivity contribution in [3.8, 4) is 17.0 Å². The van der Waals surface area contributed by atoms with Crippen LogP contribution in [-0.2, 0) is 0 Å². The monoisotopic (exact) mass is 285 g/mol. The molecule has 0 aliphatic rings. The van der Waals surface area contributed by atoms with Crippen LogP contribution in [0.15, 0.2) is 43.0 Å². The maximum absolute atomic E-state index is 11.5. The number of hydrogen-bond acceptors (Lipinski definition) is 6. The normalized spacial score (nSPS) is 9.95. The van der Waals surface area contributed by atoms with E-state index in [1.807, 2.05) is 23.6 Å². The molecular formula is C14H15N5O2. The van der Waals surface area contributed by atoms with Crippen molar-refractivity contribution in [2.45, 2.75) is 0 Å². The van der Waals surface area contributed by atoms with Crippen LogP contribution in [0, 0.1) is 0 Å². The van der Waals surface area contributed by atoms with Gasteiger partial charge in [0.05, 0.1) is 5.69 Å². The lowest BCUT2D eigenvalue weighted by Gasteiger charge is -2.07. The van der Waals surface area contributed by atoms with E-state index in [0.29, 0.717) is 18.1 Å². The van der Waals surface area contributed by atoms with E-state index >= 15 is 0 Å². The Hall–Kier alpha value is -2.93. The standard InChI is InChI=1S/C14H15N5O2/c1-2-6-21-10-5-3-4-9(7-10)11-8-12(13(20)19-16)18-14(15)17-11/h2-5,7-8H,1,6,16H2,(H,19,20)(H2,15,17,18). The largest absolute Gasteiger partial charge is 0.490 e. The molecule has 0 saturated carbocycles. The van der Waals surface area contributed by atoms with E-state index in [4.69, 9.17) is 16.3 Å². The summed E-state index contributed by atoms with van der Waals surface area (Å²) in [5.74, 6) is 5.20. The lowest BCUT2D eigenvalue weighted by molar-refractivity contribution is 0.0948. The Bertz CT molecular complexity index is 672. The van der Waals surface area contributed by atoms with Crippen molar-refractivity contribution in [2.24, 2.45) is 5.84 Å². The number of nitrogens with two attached hydrogens (primary N) is 2. The molecule has 5 N–H and O–H groups in total. The van der Waals surface area contributed by atoms with E-state index in [-0.39, 0.29) is 11.6 Å².